The lowest BCUT2D eigenvalue weighted by atomic mass is 10.1. The first-order valence-corrected chi connectivity index (χ1v) is 3.90. The van der Waals surface area contributed by atoms with Gasteiger partial charge in [0, 0.05) is 11.9 Å². The Balaban J connectivity index is 2.59. The van der Waals surface area contributed by atoms with Crippen LogP contribution in [0.5, 0.6) is 0 Å². The number of carbonyl (C=O) groups is 1. The van der Waals surface area contributed by atoms with Gasteiger partial charge in [-0.1, -0.05) is 0 Å². The van der Waals surface area contributed by atoms with Crippen molar-refractivity contribution in [2.75, 3.05) is 6.61 Å². The van der Waals surface area contributed by atoms with Crippen molar-refractivity contribution in [1.82, 2.24) is 9.97 Å². The van der Waals surface area contributed by atoms with Crippen molar-refractivity contribution in [2.45, 2.75) is 19.8 Å². The zero-order valence-corrected chi connectivity index (χ0v) is 7.20. The molecule has 0 aliphatic rings. The fraction of sp³-hybridized carbons (Fsp3) is 0.500. The molecule has 1 rings (SSSR count). The average Bonchev–Trinajstić information content (AvgIpc) is 2.55. The second kappa shape index (κ2) is 3.90. The largest absolute Gasteiger partial charge is 0.465 e. The molecule has 4 nitrogen and oxygen atoms in total. The first kappa shape index (κ1) is 8.77. The van der Waals surface area contributed by atoms with E-state index in [0.717, 1.165) is 5.69 Å². The Morgan fingerprint density at radius 3 is 3.08 bits per heavy atom. The fourth-order valence-corrected chi connectivity index (χ4v) is 0.898. The Labute approximate surface area is 71.0 Å². The van der Waals surface area contributed by atoms with Gasteiger partial charge in [-0.15, -0.1) is 0 Å². The van der Waals surface area contributed by atoms with Gasteiger partial charge in [0.2, 0.25) is 0 Å². The molecule has 1 aromatic heterocycles. The highest BCUT2D eigenvalue weighted by atomic mass is 16.5. The van der Waals surface area contributed by atoms with Gasteiger partial charge in [0.1, 0.15) is 0 Å². The van der Waals surface area contributed by atoms with Gasteiger partial charge in [-0.3, -0.25) is 4.79 Å². The van der Waals surface area contributed by atoms with Crippen molar-refractivity contribution in [3.05, 3.63) is 18.2 Å². The zero-order chi connectivity index (χ0) is 8.97. The molecule has 0 saturated heterocycles. The number of rotatable bonds is 3. The summed E-state index contributed by atoms with van der Waals surface area (Å²) in [5.41, 5.74) is 0.786. The van der Waals surface area contributed by atoms with Crippen molar-refractivity contribution in [3.8, 4) is 0 Å². The molecule has 0 aromatic carbocycles. The molecular weight excluding hydrogens is 156 g/mol. The molecule has 1 unspecified atom stereocenters. The van der Waals surface area contributed by atoms with Crippen LogP contribution in [0.25, 0.3) is 0 Å². The Hall–Kier alpha value is -1.32. The molecule has 1 atom stereocenters. The lowest BCUT2D eigenvalue weighted by Gasteiger charge is -2.07. The highest BCUT2D eigenvalue weighted by Crippen LogP contribution is 2.12. The molecule has 0 fully saturated rings. The molecule has 0 spiro atoms. The van der Waals surface area contributed by atoms with Gasteiger partial charge in [-0.05, 0) is 13.8 Å². The average molecular weight is 168 g/mol. The highest BCUT2D eigenvalue weighted by Gasteiger charge is 2.16. The number of hydrogen-bond donors (Lipinski definition) is 1. The van der Waals surface area contributed by atoms with Crippen LogP contribution in [-0.4, -0.2) is 22.5 Å². The quantitative estimate of drug-likeness (QED) is 0.687. The first-order valence-electron chi connectivity index (χ1n) is 3.90. The molecule has 1 N–H and O–H groups in total. The van der Waals surface area contributed by atoms with Crippen LogP contribution in [-0.2, 0) is 9.53 Å². The predicted octanol–water partition coefficient (Wildman–Crippen LogP) is 1.08. The fourth-order valence-electron chi connectivity index (χ4n) is 0.898. The van der Waals surface area contributed by atoms with Gasteiger partial charge in [0.25, 0.3) is 0 Å². The van der Waals surface area contributed by atoms with E-state index in [1.165, 1.54) is 0 Å². The molecule has 4 heteroatoms. The Bertz CT molecular complexity index is 244. The van der Waals surface area contributed by atoms with Crippen molar-refractivity contribution < 1.29 is 9.53 Å². The van der Waals surface area contributed by atoms with Gasteiger partial charge in [-0.2, -0.15) is 0 Å². The molecule has 0 radical (unpaired) electrons. The molecule has 0 bridgehead atoms. The maximum absolute atomic E-state index is 11.2. The predicted molar refractivity (Wildman–Crippen MR) is 43.6 cm³/mol. The highest BCUT2D eigenvalue weighted by molar-refractivity contribution is 5.76. The van der Waals surface area contributed by atoms with Crippen LogP contribution in [0.1, 0.15) is 25.5 Å². The van der Waals surface area contributed by atoms with Gasteiger partial charge in [0.15, 0.2) is 0 Å². The number of hydrogen-bond acceptors (Lipinski definition) is 3. The summed E-state index contributed by atoms with van der Waals surface area (Å²) in [5, 5.41) is 0. The van der Waals surface area contributed by atoms with E-state index in [9.17, 15) is 4.79 Å². The van der Waals surface area contributed by atoms with Crippen molar-refractivity contribution in [3.63, 3.8) is 0 Å². The Kier molecular flexibility index (Phi) is 2.85. The number of aromatic nitrogens is 2. The van der Waals surface area contributed by atoms with E-state index < -0.39 is 0 Å². The SMILES string of the molecule is CCOC(=O)C(C)c1cnc[nH]1. The molecule has 1 aromatic rings. The maximum Gasteiger partial charge on any atom is 0.314 e. The Morgan fingerprint density at radius 2 is 2.58 bits per heavy atom. The standard InChI is InChI=1S/C8H12N2O2/c1-3-12-8(11)6(2)7-4-9-5-10-7/h4-6H,3H2,1-2H3,(H,9,10). The molecule has 0 aliphatic heterocycles. The summed E-state index contributed by atoms with van der Waals surface area (Å²) < 4.78 is 4.84. The van der Waals surface area contributed by atoms with E-state index >= 15 is 0 Å². The molecule has 12 heavy (non-hydrogen) atoms. The lowest BCUT2D eigenvalue weighted by molar-refractivity contribution is -0.144. The third-order valence-corrected chi connectivity index (χ3v) is 1.63. The number of carbonyl (C=O) groups excluding carboxylic acids is 1. The summed E-state index contributed by atoms with van der Waals surface area (Å²) >= 11 is 0. The number of H-pyrrole nitrogens is 1. The zero-order valence-electron chi connectivity index (χ0n) is 7.20. The summed E-state index contributed by atoms with van der Waals surface area (Å²) in [6.45, 7) is 3.99. The monoisotopic (exact) mass is 168 g/mol. The number of nitrogens with zero attached hydrogens (tertiary/aromatic N) is 1. The van der Waals surface area contributed by atoms with E-state index in [2.05, 4.69) is 9.97 Å². The van der Waals surface area contributed by atoms with Gasteiger partial charge in [-0.25, -0.2) is 4.98 Å². The van der Waals surface area contributed by atoms with Gasteiger partial charge >= 0.3 is 5.97 Å². The van der Waals surface area contributed by atoms with E-state index in [1.807, 2.05) is 0 Å². The van der Waals surface area contributed by atoms with E-state index in [1.54, 1.807) is 26.4 Å². The van der Waals surface area contributed by atoms with E-state index in [-0.39, 0.29) is 11.9 Å². The normalized spacial score (nSPS) is 12.5. The van der Waals surface area contributed by atoms with Crippen LogP contribution in [0.2, 0.25) is 0 Å². The molecule has 0 aliphatic carbocycles. The second-order valence-corrected chi connectivity index (χ2v) is 2.48. The molecular formula is C8H12N2O2. The minimum atomic E-state index is -0.257. The summed E-state index contributed by atoms with van der Waals surface area (Å²) in [6, 6.07) is 0. The lowest BCUT2D eigenvalue weighted by Crippen LogP contribution is -2.13. The number of ether oxygens (including phenoxy) is 1. The van der Waals surface area contributed by atoms with E-state index in [0.29, 0.717) is 6.61 Å². The summed E-state index contributed by atoms with van der Waals surface area (Å²) in [5.74, 6) is -0.478. The van der Waals surface area contributed by atoms with Crippen molar-refractivity contribution in [2.24, 2.45) is 0 Å². The van der Waals surface area contributed by atoms with Crippen LogP contribution >= 0.6 is 0 Å². The van der Waals surface area contributed by atoms with Crippen LogP contribution in [0.15, 0.2) is 12.5 Å². The van der Waals surface area contributed by atoms with E-state index in [4.69, 9.17) is 4.74 Å². The maximum atomic E-state index is 11.2. The number of nitrogens with one attached hydrogen (secondary N) is 1. The third-order valence-electron chi connectivity index (χ3n) is 1.63. The topological polar surface area (TPSA) is 55.0 Å². The van der Waals surface area contributed by atoms with Crippen LogP contribution in [0, 0.1) is 0 Å². The van der Waals surface area contributed by atoms with Crippen LogP contribution in [0.3, 0.4) is 0 Å². The van der Waals surface area contributed by atoms with Crippen molar-refractivity contribution in [1.29, 1.82) is 0 Å². The van der Waals surface area contributed by atoms with Crippen LogP contribution < -0.4 is 0 Å². The summed E-state index contributed by atoms with van der Waals surface area (Å²) in [4.78, 5) is 17.9. The van der Waals surface area contributed by atoms with Crippen LogP contribution in [0.4, 0.5) is 0 Å². The smallest absolute Gasteiger partial charge is 0.314 e. The number of aromatic amines is 1. The Morgan fingerprint density at radius 1 is 1.83 bits per heavy atom. The molecule has 1 heterocycles. The van der Waals surface area contributed by atoms with Gasteiger partial charge in [0.05, 0.1) is 18.9 Å². The first-order chi connectivity index (χ1) is 5.75. The number of imidazole rings is 1. The summed E-state index contributed by atoms with van der Waals surface area (Å²) in [7, 11) is 0. The second-order valence-electron chi connectivity index (χ2n) is 2.48. The third kappa shape index (κ3) is 1.84. The molecule has 66 valence electrons. The minimum Gasteiger partial charge on any atom is -0.465 e. The molecule has 0 saturated carbocycles. The minimum absolute atomic E-state index is 0.221. The number of esters is 1. The van der Waals surface area contributed by atoms with Gasteiger partial charge < -0.3 is 9.72 Å². The van der Waals surface area contributed by atoms with Crippen molar-refractivity contribution >= 4 is 5.97 Å². The molecule has 0 amide bonds. The summed E-state index contributed by atoms with van der Waals surface area (Å²) in [6.07, 6.45) is 3.17.